The molecule has 1 amide bonds. The van der Waals surface area contributed by atoms with E-state index in [9.17, 15) is 13.2 Å². The Kier molecular flexibility index (Phi) is 4.24. The van der Waals surface area contributed by atoms with E-state index in [1.807, 2.05) is 13.8 Å². The van der Waals surface area contributed by atoms with Crippen molar-refractivity contribution in [3.8, 4) is 0 Å². The third-order valence-corrected chi connectivity index (χ3v) is 6.90. The van der Waals surface area contributed by atoms with Gasteiger partial charge in [-0.2, -0.15) is 4.31 Å². The molecule has 2 aliphatic rings. The highest BCUT2D eigenvalue weighted by atomic mass is 32.2. The first-order chi connectivity index (χ1) is 11.1. The Bertz CT molecular complexity index is 760. The van der Waals surface area contributed by atoms with Gasteiger partial charge in [0, 0.05) is 30.6 Å². The Morgan fingerprint density at radius 3 is 2.42 bits per heavy atom. The number of benzene rings is 1. The largest absolute Gasteiger partial charge is 0.326 e. The van der Waals surface area contributed by atoms with Gasteiger partial charge in [0.25, 0.3) is 0 Å². The summed E-state index contributed by atoms with van der Waals surface area (Å²) in [7, 11) is -3.50. The molecule has 6 heteroatoms. The number of piperidine rings is 1. The normalized spacial score (nSPS) is 27.4. The molecule has 0 radical (unpaired) electrons. The Hall–Kier alpha value is -1.40. The second-order valence-corrected chi connectivity index (χ2v) is 10.0. The van der Waals surface area contributed by atoms with Crippen molar-refractivity contribution in [3.63, 3.8) is 0 Å². The zero-order valence-corrected chi connectivity index (χ0v) is 15.6. The van der Waals surface area contributed by atoms with Crippen molar-refractivity contribution in [2.75, 3.05) is 18.4 Å². The molecule has 2 aliphatic heterocycles. The molecule has 2 heterocycles. The van der Waals surface area contributed by atoms with Crippen molar-refractivity contribution in [2.24, 2.45) is 11.8 Å². The number of nitrogens with one attached hydrogen (secondary N) is 1. The number of hydrogen-bond acceptors (Lipinski definition) is 3. The lowest BCUT2D eigenvalue weighted by atomic mass is 9.78. The van der Waals surface area contributed by atoms with E-state index < -0.39 is 10.0 Å². The van der Waals surface area contributed by atoms with Gasteiger partial charge in [0.1, 0.15) is 0 Å². The molecule has 0 bridgehead atoms. The van der Waals surface area contributed by atoms with Gasteiger partial charge in [-0.05, 0) is 42.0 Å². The monoisotopic (exact) mass is 350 g/mol. The van der Waals surface area contributed by atoms with E-state index in [4.69, 9.17) is 0 Å². The first-order valence-electron chi connectivity index (χ1n) is 8.54. The molecule has 0 aromatic heterocycles. The molecular weight excluding hydrogens is 324 g/mol. The number of hydrogen-bond donors (Lipinski definition) is 1. The molecule has 3 rings (SSSR count). The Morgan fingerprint density at radius 2 is 1.79 bits per heavy atom. The minimum absolute atomic E-state index is 0.0261. The number of fused-ring (bicyclic) bond motifs is 1. The molecule has 0 unspecified atom stereocenters. The van der Waals surface area contributed by atoms with Gasteiger partial charge in [0.15, 0.2) is 0 Å². The van der Waals surface area contributed by atoms with Crippen LogP contribution in [0.25, 0.3) is 0 Å². The molecule has 1 N–H and O–H groups in total. The summed E-state index contributed by atoms with van der Waals surface area (Å²) in [6.07, 6.45) is 1.43. The SMILES string of the molecule is C[C@@H]1C[C@@H](C)CN(S(=O)(=O)c2ccc3c(c2)C(C)(C)CC(=O)N3)C1. The van der Waals surface area contributed by atoms with E-state index in [2.05, 4.69) is 19.2 Å². The van der Waals surface area contributed by atoms with Gasteiger partial charge in [-0.3, -0.25) is 4.79 Å². The van der Waals surface area contributed by atoms with Gasteiger partial charge in [-0.1, -0.05) is 27.7 Å². The molecule has 1 aromatic rings. The molecule has 1 saturated heterocycles. The van der Waals surface area contributed by atoms with Gasteiger partial charge in [-0.25, -0.2) is 8.42 Å². The summed E-state index contributed by atoms with van der Waals surface area (Å²) in [5.41, 5.74) is 1.24. The summed E-state index contributed by atoms with van der Waals surface area (Å²) in [4.78, 5) is 12.1. The quantitative estimate of drug-likeness (QED) is 0.892. The third kappa shape index (κ3) is 3.09. The van der Waals surface area contributed by atoms with E-state index in [-0.39, 0.29) is 11.3 Å². The lowest BCUT2D eigenvalue weighted by molar-refractivity contribution is -0.117. The standard InChI is InChI=1S/C18H26N2O3S/c1-12-7-13(2)11-20(10-12)24(22,23)14-5-6-16-15(8-14)18(3,4)9-17(21)19-16/h5-6,8,12-13H,7,9-11H2,1-4H3,(H,19,21)/t12-,13-/m1/s1. The smallest absolute Gasteiger partial charge is 0.243 e. The fraction of sp³-hybridized carbons (Fsp3) is 0.611. The molecular formula is C18H26N2O3S. The summed E-state index contributed by atoms with van der Waals surface area (Å²) < 4.78 is 27.8. The summed E-state index contributed by atoms with van der Waals surface area (Å²) >= 11 is 0. The van der Waals surface area contributed by atoms with Crippen LogP contribution < -0.4 is 5.32 Å². The number of amides is 1. The second kappa shape index (κ2) is 5.85. The van der Waals surface area contributed by atoms with Crippen LogP contribution in [-0.4, -0.2) is 31.7 Å². The maximum atomic E-state index is 13.1. The second-order valence-electron chi connectivity index (χ2n) is 8.08. The number of carbonyl (C=O) groups excluding carboxylic acids is 1. The van der Waals surface area contributed by atoms with Crippen LogP contribution in [-0.2, 0) is 20.2 Å². The highest BCUT2D eigenvalue weighted by Crippen LogP contribution is 2.39. The molecule has 5 nitrogen and oxygen atoms in total. The lowest BCUT2D eigenvalue weighted by Gasteiger charge is -2.35. The Labute approximate surface area is 144 Å². The van der Waals surface area contributed by atoms with Crippen molar-refractivity contribution in [3.05, 3.63) is 23.8 Å². The fourth-order valence-electron chi connectivity index (χ4n) is 3.99. The van der Waals surface area contributed by atoms with E-state index in [0.717, 1.165) is 17.7 Å². The van der Waals surface area contributed by atoms with Gasteiger partial charge in [0.2, 0.25) is 15.9 Å². The molecule has 0 aliphatic carbocycles. The Balaban J connectivity index is 1.99. The number of carbonyl (C=O) groups is 1. The van der Waals surface area contributed by atoms with Crippen LogP contribution in [0.15, 0.2) is 23.1 Å². The van der Waals surface area contributed by atoms with Crippen LogP contribution in [0, 0.1) is 11.8 Å². The first kappa shape index (κ1) is 17.4. The van der Waals surface area contributed by atoms with Crippen LogP contribution in [0.5, 0.6) is 0 Å². The van der Waals surface area contributed by atoms with Crippen LogP contribution in [0.3, 0.4) is 0 Å². The van der Waals surface area contributed by atoms with E-state index in [1.165, 1.54) is 0 Å². The van der Waals surface area contributed by atoms with Crippen molar-refractivity contribution in [2.45, 2.75) is 50.8 Å². The molecule has 2 atom stereocenters. The van der Waals surface area contributed by atoms with Gasteiger partial charge in [-0.15, -0.1) is 0 Å². The average Bonchev–Trinajstić information content (AvgIpc) is 2.44. The summed E-state index contributed by atoms with van der Waals surface area (Å²) in [5.74, 6) is 0.718. The summed E-state index contributed by atoms with van der Waals surface area (Å²) in [6.45, 7) is 9.30. The number of anilines is 1. The van der Waals surface area contributed by atoms with E-state index >= 15 is 0 Å². The molecule has 24 heavy (non-hydrogen) atoms. The predicted octanol–water partition coefficient (Wildman–Crippen LogP) is 2.97. The van der Waals surface area contributed by atoms with Gasteiger partial charge < -0.3 is 5.32 Å². The van der Waals surface area contributed by atoms with Crippen molar-refractivity contribution < 1.29 is 13.2 Å². The molecule has 1 aromatic carbocycles. The van der Waals surface area contributed by atoms with Crippen LogP contribution in [0.4, 0.5) is 5.69 Å². The fourth-order valence-corrected chi connectivity index (χ4v) is 5.70. The van der Waals surface area contributed by atoms with E-state index in [0.29, 0.717) is 36.2 Å². The lowest BCUT2D eigenvalue weighted by Crippen LogP contribution is -2.42. The zero-order chi connectivity index (χ0) is 17.7. The highest BCUT2D eigenvalue weighted by molar-refractivity contribution is 7.89. The van der Waals surface area contributed by atoms with Gasteiger partial charge in [0.05, 0.1) is 4.90 Å². The average molecular weight is 350 g/mol. The first-order valence-corrected chi connectivity index (χ1v) is 9.98. The highest BCUT2D eigenvalue weighted by Gasteiger charge is 2.35. The van der Waals surface area contributed by atoms with Crippen LogP contribution in [0.2, 0.25) is 0 Å². The maximum absolute atomic E-state index is 13.1. The van der Waals surface area contributed by atoms with E-state index in [1.54, 1.807) is 22.5 Å². The molecule has 1 fully saturated rings. The minimum atomic E-state index is -3.50. The molecule has 0 saturated carbocycles. The Morgan fingerprint density at radius 1 is 1.17 bits per heavy atom. The summed E-state index contributed by atoms with van der Waals surface area (Å²) in [6, 6.07) is 5.08. The van der Waals surface area contributed by atoms with Crippen molar-refractivity contribution in [1.29, 1.82) is 0 Å². The van der Waals surface area contributed by atoms with Crippen molar-refractivity contribution >= 4 is 21.6 Å². The minimum Gasteiger partial charge on any atom is -0.326 e. The predicted molar refractivity (Wildman–Crippen MR) is 94.4 cm³/mol. The van der Waals surface area contributed by atoms with Gasteiger partial charge >= 0.3 is 0 Å². The molecule has 132 valence electrons. The number of rotatable bonds is 2. The van der Waals surface area contributed by atoms with Crippen LogP contribution >= 0.6 is 0 Å². The zero-order valence-electron chi connectivity index (χ0n) is 14.8. The maximum Gasteiger partial charge on any atom is 0.243 e. The topological polar surface area (TPSA) is 66.5 Å². The number of nitrogens with zero attached hydrogens (tertiary/aromatic N) is 1. The van der Waals surface area contributed by atoms with Crippen molar-refractivity contribution in [1.82, 2.24) is 4.31 Å². The molecule has 0 spiro atoms. The van der Waals surface area contributed by atoms with Crippen LogP contribution in [0.1, 0.15) is 46.1 Å². The third-order valence-electron chi connectivity index (χ3n) is 5.07. The number of sulfonamides is 1. The summed E-state index contributed by atoms with van der Waals surface area (Å²) in [5, 5.41) is 2.84.